The molecule has 0 saturated carbocycles. The van der Waals surface area contributed by atoms with Crippen LogP contribution in [0.15, 0.2) is 0 Å². The monoisotopic (exact) mass is 228 g/mol. The summed E-state index contributed by atoms with van der Waals surface area (Å²) in [7, 11) is 0. The van der Waals surface area contributed by atoms with Gasteiger partial charge in [0.05, 0.1) is 6.07 Å². The van der Waals surface area contributed by atoms with Crippen LogP contribution in [0.1, 0.15) is 33.6 Å². The molecule has 0 aromatic rings. The number of nitrogens with zero attached hydrogens (tertiary/aromatic N) is 1. The highest BCUT2D eigenvalue weighted by Crippen LogP contribution is 2.20. The molecule has 1 N–H and O–H groups in total. The molecule has 0 fully saturated rings. The lowest BCUT2D eigenvalue weighted by Gasteiger charge is -2.24. The maximum absolute atomic E-state index is 8.54. The molecule has 88 valence electrons. The van der Waals surface area contributed by atoms with Crippen LogP contribution in [0.5, 0.6) is 0 Å². The zero-order valence-corrected chi connectivity index (χ0v) is 11.3. The van der Waals surface area contributed by atoms with Gasteiger partial charge in [0.25, 0.3) is 0 Å². The molecule has 2 nitrogen and oxygen atoms in total. The molecule has 0 rings (SSSR count). The van der Waals surface area contributed by atoms with Crippen molar-refractivity contribution in [3.63, 3.8) is 0 Å². The van der Waals surface area contributed by atoms with Gasteiger partial charge in [0.1, 0.15) is 0 Å². The maximum atomic E-state index is 8.54. The van der Waals surface area contributed by atoms with Crippen molar-refractivity contribution in [2.24, 2.45) is 11.3 Å². The molecule has 1 unspecified atom stereocenters. The largest absolute Gasteiger partial charge is 0.316 e. The number of nitriles is 1. The summed E-state index contributed by atoms with van der Waals surface area (Å²) in [6, 6.07) is 2.21. The fourth-order valence-corrected chi connectivity index (χ4v) is 2.17. The third-order valence-electron chi connectivity index (χ3n) is 2.46. The van der Waals surface area contributed by atoms with Crippen LogP contribution in [0.2, 0.25) is 0 Å². The Kier molecular flexibility index (Phi) is 7.90. The van der Waals surface area contributed by atoms with Crippen molar-refractivity contribution in [2.75, 3.05) is 25.1 Å². The summed E-state index contributed by atoms with van der Waals surface area (Å²) in [5.41, 5.74) is 0.245. The summed E-state index contributed by atoms with van der Waals surface area (Å²) in [5.74, 6) is 1.94. The standard InChI is InChI=1S/C12H24N2S/c1-11(9-15-4)8-14-10-12(2,3)6-5-7-13/h11,14H,5-6,8-10H2,1-4H3. The Morgan fingerprint density at radius 2 is 2.13 bits per heavy atom. The van der Waals surface area contributed by atoms with Crippen molar-refractivity contribution >= 4 is 11.8 Å². The molecule has 0 aliphatic rings. The van der Waals surface area contributed by atoms with E-state index in [2.05, 4.69) is 38.4 Å². The second-order valence-corrected chi connectivity index (χ2v) is 5.92. The van der Waals surface area contributed by atoms with E-state index in [9.17, 15) is 0 Å². The quantitative estimate of drug-likeness (QED) is 0.694. The van der Waals surface area contributed by atoms with Crippen LogP contribution >= 0.6 is 11.8 Å². The summed E-state index contributed by atoms with van der Waals surface area (Å²) in [5, 5.41) is 12.0. The average molecular weight is 228 g/mol. The van der Waals surface area contributed by atoms with Crippen LogP contribution in [0.25, 0.3) is 0 Å². The van der Waals surface area contributed by atoms with E-state index in [0.29, 0.717) is 6.42 Å². The molecule has 0 spiro atoms. The van der Waals surface area contributed by atoms with Crippen LogP contribution in [0.3, 0.4) is 0 Å². The first-order valence-corrected chi connectivity index (χ1v) is 6.98. The molecular weight excluding hydrogens is 204 g/mol. The summed E-state index contributed by atoms with van der Waals surface area (Å²) in [6.07, 6.45) is 3.79. The van der Waals surface area contributed by atoms with E-state index in [1.807, 2.05) is 11.8 Å². The van der Waals surface area contributed by atoms with Gasteiger partial charge >= 0.3 is 0 Å². The molecule has 15 heavy (non-hydrogen) atoms. The lowest BCUT2D eigenvalue weighted by atomic mass is 9.88. The Balaban J connectivity index is 3.61. The molecule has 0 aromatic carbocycles. The van der Waals surface area contributed by atoms with Crippen molar-refractivity contribution in [1.29, 1.82) is 5.26 Å². The van der Waals surface area contributed by atoms with Gasteiger partial charge in [-0.15, -0.1) is 0 Å². The average Bonchev–Trinajstić information content (AvgIpc) is 2.15. The zero-order valence-electron chi connectivity index (χ0n) is 10.5. The van der Waals surface area contributed by atoms with Crippen molar-refractivity contribution in [1.82, 2.24) is 5.32 Å². The maximum Gasteiger partial charge on any atom is 0.0621 e. The van der Waals surface area contributed by atoms with Crippen molar-refractivity contribution in [2.45, 2.75) is 33.6 Å². The molecule has 0 bridgehead atoms. The van der Waals surface area contributed by atoms with Crippen LogP contribution in [0.4, 0.5) is 0 Å². The summed E-state index contributed by atoms with van der Waals surface area (Å²) in [6.45, 7) is 8.79. The molecule has 0 aliphatic heterocycles. The Hall–Kier alpha value is -0.200. The third kappa shape index (κ3) is 8.77. The molecule has 3 heteroatoms. The second-order valence-electron chi connectivity index (χ2n) is 5.01. The van der Waals surface area contributed by atoms with Crippen LogP contribution < -0.4 is 5.32 Å². The van der Waals surface area contributed by atoms with Crippen LogP contribution in [-0.4, -0.2) is 25.1 Å². The van der Waals surface area contributed by atoms with Gasteiger partial charge in [-0.25, -0.2) is 0 Å². The highest BCUT2D eigenvalue weighted by molar-refractivity contribution is 7.98. The van der Waals surface area contributed by atoms with E-state index in [4.69, 9.17) is 5.26 Å². The topological polar surface area (TPSA) is 35.8 Å². The Labute approximate surface area is 98.8 Å². The number of hydrogen-bond donors (Lipinski definition) is 1. The molecule has 1 atom stereocenters. The fraction of sp³-hybridized carbons (Fsp3) is 0.917. The highest BCUT2D eigenvalue weighted by atomic mass is 32.2. The highest BCUT2D eigenvalue weighted by Gasteiger charge is 2.16. The van der Waals surface area contributed by atoms with E-state index in [1.165, 1.54) is 5.75 Å². The molecular formula is C12H24N2S. The zero-order chi connectivity index (χ0) is 11.7. The van der Waals surface area contributed by atoms with Gasteiger partial charge in [0.2, 0.25) is 0 Å². The predicted octanol–water partition coefficient (Wildman–Crippen LogP) is 2.91. The first-order chi connectivity index (χ1) is 7.02. The van der Waals surface area contributed by atoms with Crippen LogP contribution in [-0.2, 0) is 0 Å². The normalized spacial score (nSPS) is 13.5. The molecule has 0 amide bonds. The van der Waals surface area contributed by atoms with Gasteiger partial charge < -0.3 is 5.32 Å². The molecule has 0 aromatic heterocycles. The summed E-state index contributed by atoms with van der Waals surface area (Å²) in [4.78, 5) is 0. The van der Waals surface area contributed by atoms with Gasteiger partial charge in [-0.1, -0.05) is 20.8 Å². The van der Waals surface area contributed by atoms with Gasteiger partial charge in [0, 0.05) is 13.0 Å². The van der Waals surface area contributed by atoms with E-state index >= 15 is 0 Å². The lowest BCUT2D eigenvalue weighted by Crippen LogP contribution is -2.32. The Bertz CT molecular complexity index is 196. The number of hydrogen-bond acceptors (Lipinski definition) is 3. The van der Waals surface area contributed by atoms with Crippen molar-refractivity contribution < 1.29 is 0 Å². The van der Waals surface area contributed by atoms with E-state index in [1.54, 1.807) is 0 Å². The first kappa shape index (κ1) is 14.8. The van der Waals surface area contributed by atoms with Crippen LogP contribution in [0, 0.1) is 22.7 Å². The van der Waals surface area contributed by atoms with Gasteiger partial charge in [0.15, 0.2) is 0 Å². The number of thioether (sulfide) groups is 1. The number of rotatable bonds is 8. The minimum Gasteiger partial charge on any atom is -0.316 e. The van der Waals surface area contributed by atoms with Gasteiger partial charge in [-0.2, -0.15) is 17.0 Å². The predicted molar refractivity (Wildman–Crippen MR) is 69.0 cm³/mol. The molecule has 0 radical (unpaired) electrons. The van der Waals surface area contributed by atoms with Crippen molar-refractivity contribution in [3.8, 4) is 6.07 Å². The SMILES string of the molecule is CSCC(C)CNCC(C)(C)CCC#N. The Morgan fingerprint density at radius 1 is 1.47 bits per heavy atom. The fourth-order valence-electron chi connectivity index (χ4n) is 1.48. The minimum absolute atomic E-state index is 0.245. The Morgan fingerprint density at radius 3 is 2.67 bits per heavy atom. The molecule has 0 saturated heterocycles. The van der Waals surface area contributed by atoms with Gasteiger partial charge in [-0.05, 0) is 36.3 Å². The first-order valence-electron chi connectivity index (χ1n) is 5.58. The summed E-state index contributed by atoms with van der Waals surface area (Å²) < 4.78 is 0. The molecule has 0 aliphatic carbocycles. The van der Waals surface area contributed by atoms with E-state index in [0.717, 1.165) is 25.4 Å². The summed E-state index contributed by atoms with van der Waals surface area (Å²) >= 11 is 1.90. The number of nitrogens with one attached hydrogen (secondary N) is 1. The molecule has 0 heterocycles. The second kappa shape index (κ2) is 8.01. The smallest absolute Gasteiger partial charge is 0.0621 e. The third-order valence-corrected chi connectivity index (χ3v) is 3.36. The van der Waals surface area contributed by atoms with Crippen molar-refractivity contribution in [3.05, 3.63) is 0 Å². The minimum atomic E-state index is 0.245. The lowest BCUT2D eigenvalue weighted by molar-refractivity contribution is 0.312. The van der Waals surface area contributed by atoms with Gasteiger partial charge in [-0.3, -0.25) is 0 Å². The van der Waals surface area contributed by atoms with E-state index in [-0.39, 0.29) is 5.41 Å². The van der Waals surface area contributed by atoms with E-state index < -0.39 is 0 Å².